The molecule has 14 heavy (non-hydrogen) atoms. The topological polar surface area (TPSA) is 72.6 Å². The molecule has 0 radical (unpaired) electrons. The van der Waals surface area contributed by atoms with Crippen LogP contribution < -0.4 is 0 Å². The smallest absolute Gasteiger partial charge is 0.295 e. The minimum Gasteiger partial charge on any atom is -0.391 e. The van der Waals surface area contributed by atoms with Crippen LogP contribution in [0.5, 0.6) is 0 Å². The Bertz CT molecular complexity index is 299. The molecule has 0 amide bonds. The van der Waals surface area contributed by atoms with Gasteiger partial charge in [-0.05, 0) is 12.5 Å². The minimum atomic E-state index is -0.928. The van der Waals surface area contributed by atoms with E-state index in [1.165, 1.54) is 6.92 Å². The molecule has 0 aliphatic rings. The van der Waals surface area contributed by atoms with E-state index in [0.717, 1.165) is 0 Å². The Morgan fingerprint density at radius 3 is 2.43 bits per heavy atom. The molecule has 2 atom stereocenters. The molecule has 5 nitrogen and oxygen atoms in total. The lowest BCUT2D eigenvalue weighted by Crippen LogP contribution is -2.20. The van der Waals surface area contributed by atoms with E-state index in [2.05, 4.69) is 4.84 Å². The van der Waals surface area contributed by atoms with Gasteiger partial charge in [0.25, 0.3) is 5.09 Å². The third-order valence-electron chi connectivity index (χ3n) is 1.77. The Morgan fingerprint density at radius 2 is 2.00 bits per heavy atom. The van der Waals surface area contributed by atoms with Crippen molar-refractivity contribution in [2.75, 3.05) is 0 Å². The first-order chi connectivity index (χ1) is 6.61. The zero-order chi connectivity index (χ0) is 10.6. The number of aliphatic hydroxyl groups excluding tert-OH is 1. The van der Waals surface area contributed by atoms with Gasteiger partial charge in [0.1, 0.15) is 0 Å². The van der Waals surface area contributed by atoms with E-state index in [1.54, 1.807) is 30.3 Å². The first kappa shape index (κ1) is 10.5. The van der Waals surface area contributed by atoms with Gasteiger partial charge in [-0.2, -0.15) is 0 Å². The quantitative estimate of drug-likeness (QED) is 0.583. The van der Waals surface area contributed by atoms with Gasteiger partial charge in [-0.15, -0.1) is 10.1 Å². The number of rotatable bonds is 4. The van der Waals surface area contributed by atoms with Crippen LogP contribution in [0.1, 0.15) is 18.6 Å². The van der Waals surface area contributed by atoms with Crippen LogP contribution in [0.15, 0.2) is 30.3 Å². The van der Waals surface area contributed by atoms with Crippen molar-refractivity contribution in [1.82, 2.24) is 0 Å². The summed E-state index contributed by atoms with van der Waals surface area (Å²) in [6.45, 7) is 1.45. The predicted octanol–water partition coefficient (Wildman–Crippen LogP) is 1.32. The molecule has 0 spiro atoms. The maximum absolute atomic E-state index is 10.2. The van der Waals surface area contributed by atoms with Crippen LogP contribution in [0, 0.1) is 10.1 Å². The van der Waals surface area contributed by atoms with Crippen LogP contribution in [0.25, 0.3) is 0 Å². The summed E-state index contributed by atoms with van der Waals surface area (Å²) in [5.41, 5.74) is 0.583. The van der Waals surface area contributed by atoms with Gasteiger partial charge in [0.15, 0.2) is 6.10 Å². The second-order valence-electron chi connectivity index (χ2n) is 2.90. The molecule has 76 valence electrons. The SMILES string of the molecule is C[C@@H](O)[C@H](O[N+](=O)[O-])c1ccccc1. The van der Waals surface area contributed by atoms with Gasteiger partial charge in [0.05, 0.1) is 6.10 Å². The zero-order valence-corrected chi connectivity index (χ0v) is 7.66. The van der Waals surface area contributed by atoms with Crippen LogP contribution in [-0.4, -0.2) is 16.3 Å². The number of hydrogen-bond donors (Lipinski definition) is 1. The summed E-state index contributed by atoms with van der Waals surface area (Å²) in [6, 6.07) is 8.58. The molecule has 0 aromatic heterocycles. The maximum atomic E-state index is 10.2. The highest BCUT2D eigenvalue weighted by Crippen LogP contribution is 2.20. The Hall–Kier alpha value is -1.62. The van der Waals surface area contributed by atoms with Gasteiger partial charge in [-0.25, -0.2) is 0 Å². The average Bonchev–Trinajstić information content (AvgIpc) is 2.15. The first-order valence-electron chi connectivity index (χ1n) is 4.15. The van der Waals surface area contributed by atoms with Crippen molar-refractivity contribution in [3.05, 3.63) is 46.0 Å². The van der Waals surface area contributed by atoms with Crippen LogP contribution in [0.2, 0.25) is 0 Å². The molecule has 1 rings (SSSR count). The summed E-state index contributed by atoms with van der Waals surface area (Å²) in [7, 11) is 0. The molecule has 1 N–H and O–H groups in total. The summed E-state index contributed by atoms with van der Waals surface area (Å²) in [4.78, 5) is 14.5. The van der Waals surface area contributed by atoms with Crippen LogP contribution in [0.4, 0.5) is 0 Å². The van der Waals surface area contributed by atoms with E-state index in [9.17, 15) is 15.2 Å². The molecule has 5 heteroatoms. The second kappa shape index (κ2) is 4.57. The van der Waals surface area contributed by atoms with E-state index in [1.807, 2.05) is 0 Å². The average molecular weight is 197 g/mol. The Morgan fingerprint density at radius 1 is 1.43 bits per heavy atom. The normalized spacial score (nSPS) is 14.4. The highest BCUT2D eigenvalue weighted by molar-refractivity contribution is 5.18. The summed E-state index contributed by atoms with van der Waals surface area (Å²) < 4.78 is 0. The standard InChI is InChI=1S/C9H11NO4/c1-7(11)9(14-10(12)13)8-5-3-2-4-6-8/h2-7,9,11H,1H3/t7-,9+/m1/s1. The monoisotopic (exact) mass is 197 g/mol. The highest BCUT2D eigenvalue weighted by atomic mass is 17.0. The van der Waals surface area contributed by atoms with Gasteiger partial charge in [0.2, 0.25) is 0 Å². The van der Waals surface area contributed by atoms with E-state index in [4.69, 9.17) is 0 Å². The highest BCUT2D eigenvalue weighted by Gasteiger charge is 2.20. The molecule has 0 saturated carbocycles. The Kier molecular flexibility index (Phi) is 3.41. The van der Waals surface area contributed by atoms with Crippen molar-refractivity contribution in [2.45, 2.75) is 19.1 Å². The fourth-order valence-electron chi connectivity index (χ4n) is 1.16. The molecular weight excluding hydrogens is 186 g/mol. The lowest BCUT2D eigenvalue weighted by Gasteiger charge is -2.17. The first-order valence-corrected chi connectivity index (χ1v) is 4.15. The predicted molar refractivity (Wildman–Crippen MR) is 48.9 cm³/mol. The van der Waals surface area contributed by atoms with Crippen molar-refractivity contribution < 1.29 is 15.0 Å². The molecule has 0 unspecified atom stereocenters. The lowest BCUT2D eigenvalue weighted by atomic mass is 10.1. The largest absolute Gasteiger partial charge is 0.391 e. The molecule has 0 aliphatic carbocycles. The van der Waals surface area contributed by atoms with Crippen molar-refractivity contribution in [1.29, 1.82) is 0 Å². The molecule has 0 aliphatic heterocycles. The number of aliphatic hydroxyl groups is 1. The molecule has 1 aromatic rings. The second-order valence-corrected chi connectivity index (χ2v) is 2.90. The summed E-state index contributed by atoms with van der Waals surface area (Å²) in [6.07, 6.45) is -1.85. The number of nitrogens with zero attached hydrogens (tertiary/aromatic N) is 1. The van der Waals surface area contributed by atoms with Crippen LogP contribution >= 0.6 is 0 Å². The van der Waals surface area contributed by atoms with Gasteiger partial charge in [-0.3, -0.25) is 0 Å². The van der Waals surface area contributed by atoms with E-state index < -0.39 is 17.3 Å². The van der Waals surface area contributed by atoms with Gasteiger partial charge in [0, 0.05) is 0 Å². The fourth-order valence-corrected chi connectivity index (χ4v) is 1.16. The molecule has 1 aromatic carbocycles. The molecule has 0 saturated heterocycles. The van der Waals surface area contributed by atoms with Gasteiger partial charge < -0.3 is 9.94 Å². The van der Waals surface area contributed by atoms with Crippen molar-refractivity contribution in [3.63, 3.8) is 0 Å². The molecule has 0 fully saturated rings. The minimum absolute atomic E-state index is 0.583. The summed E-state index contributed by atoms with van der Waals surface area (Å²) in [5, 5.41) is 18.5. The summed E-state index contributed by atoms with van der Waals surface area (Å²) >= 11 is 0. The van der Waals surface area contributed by atoms with Gasteiger partial charge >= 0.3 is 0 Å². The molecular formula is C9H11NO4. The van der Waals surface area contributed by atoms with Crippen molar-refractivity contribution in [3.8, 4) is 0 Å². The Balaban J connectivity index is 2.83. The number of benzene rings is 1. The fraction of sp³-hybridized carbons (Fsp3) is 0.333. The van der Waals surface area contributed by atoms with Gasteiger partial charge in [-0.1, -0.05) is 30.3 Å². The third kappa shape index (κ3) is 2.70. The van der Waals surface area contributed by atoms with Crippen LogP contribution in [-0.2, 0) is 4.84 Å². The number of hydrogen-bond acceptors (Lipinski definition) is 4. The third-order valence-corrected chi connectivity index (χ3v) is 1.77. The van der Waals surface area contributed by atoms with E-state index in [-0.39, 0.29) is 0 Å². The van der Waals surface area contributed by atoms with E-state index in [0.29, 0.717) is 5.56 Å². The summed E-state index contributed by atoms with van der Waals surface area (Å²) in [5.74, 6) is 0. The van der Waals surface area contributed by atoms with Crippen molar-refractivity contribution in [2.24, 2.45) is 0 Å². The molecule has 0 heterocycles. The van der Waals surface area contributed by atoms with E-state index >= 15 is 0 Å². The van der Waals surface area contributed by atoms with Crippen molar-refractivity contribution >= 4 is 0 Å². The maximum Gasteiger partial charge on any atom is 0.295 e. The van der Waals surface area contributed by atoms with Crippen LogP contribution in [0.3, 0.4) is 0 Å². The molecule has 0 bridgehead atoms. The lowest BCUT2D eigenvalue weighted by molar-refractivity contribution is -0.773. The zero-order valence-electron chi connectivity index (χ0n) is 7.66. The Labute approximate surface area is 81.0 Å².